The first-order chi connectivity index (χ1) is 13.3. The number of hydrogen-bond acceptors (Lipinski definition) is 7. The third-order valence-corrected chi connectivity index (χ3v) is 5.79. The highest BCUT2D eigenvalue weighted by Crippen LogP contribution is 2.28. The van der Waals surface area contributed by atoms with E-state index >= 15 is 0 Å². The van der Waals surface area contributed by atoms with Crippen molar-refractivity contribution >= 4 is 18.1 Å². The van der Waals surface area contributed by atoms with Gasteiger partial charge in [0.15, 0.2) is 0 Å². The van der Waals surface area contributed by atoms with Crippen LogP contribution < -0.4 is 16.4 Å². The molecule has 144 valence electrons. The third kappa shape index (κ3) is 4.04. The van der Waals surface area contributed by atoms with Crippen molar-refractivity contribution in [2.45, 2.75) is 31.3 Å². The third-order valence-electron chi connectivity index (χ3n) is 5.79. The Morgan fingerprint density at radius 1 is 1.37 bits per heavy atom. The van der Waals surface area contributed by atoms with Crippen LogP contribution in [0, 0.1) is 11.3 Å². The van der Waals surface area contributed by atoms with Gasteiger partial charge in [0.1, 0.15) is 0 Å². The van der Waals surface area contributed by atoms with Gasteiger partial charge in [0.2, 0.25) is 0 Å². The Labute approximate surface area is 160 Å². The minimum absolute atomic E-state index is 0.109. The van der Waals surface area contributed by atoms with Gasteiger partial charge < -0.3 is 26.7 Å². The molecule has 0 spiro atoms. The number of nitrogens with two attached hydrogens (primary N) is 1. The molecule has 2 aliphatic carbocycles. The Morgan fingerprint density at radius 3 is 2.93 bits per heavy atom. The zero-order valence-electron chi connectivity index (χ0n) is 15.7. The van der Waals surface area contributed by atoms with Gasteiger partial charge >= 0.3 is 0 Å². The highest BCUT2D eigenvalue weighted by molar-refractivity contribution is 6.44. The molecule has 1 unspecified atom stereocenters. The van der Waals surface area contributed by atoms with E-state index in [1.54, 1.807) is 0 Å². The second kappa shape index (κ2) is 8.19. The summed E-state index contributed by atoms with van der Waals surface area (Å²) in [6.45, 7) is 4.86. The summed E-state index contributed by atoms with van der Waals surface area (Å²) in [6.07, 6.45) is 12.6. The average Bonchev–Trinajstić information content (AvgIpc) is 2.69. The van der Waals surface area contributed by atoms with Crippen molar-refractivity contribution in [1.29, 1.82) is 5.41 Å². The van der Waals surface area contributed by atoms with E-state index in [0.717, 1.165) is 69.0 Å². The number of allylic oxidation sites excluding steroid dienone is 2. The monoisotopic (exact) mass is 367 g/mol. The molecule has 7 heteroatoms. The summed E-state index contributed by atoms with van der Waals surface area (Å²) in [7, 11) is 0. The first kappa shape index (κ1) is 18.1. The predicted octanol–water partition coefficient (Wildman–Crippen LogP) is 0.817. The van der Waals surface area contributed by atoms with Crippen LogP contribution in [0.15, 0.2) is 45.3 Å². The molecule has 0 amide bonds. The first-order valence-corrected chi connectivity index (χ1v) is 9.93. The highest BCUT2D eigenvalue weighted by Gasteiger charge is 2.27. The molecule has 0 bridgehead atoms. The molecule has 2 fully saturated rings. The lowest BCUT2D eigenvalue weighted by Gasteiger charge is -2.35. The van der Waals surface area contributed by atoms with Crippen molar-refractivity contribution in [2.75, 3.05) is 32.7 Å². The Morgan fingerprint density at radius 2 is 2.19 bits per heavy atom. The van der Waals surface area contributed by atoms with E-state index in [2.05, 4.69) is 32.7 Å². The van der Waals surface area contributed by atoms with E-state index in [1.165, 1.54) is 11.9 Å². The Balaban J connectivity index is 1.46. The van der Waals surface area contributed by atoms with Gasteiger partial charge in [-0.05, 0) is 37.8 Å². The molecule has 7 nitrogen and oxygen atoms in total. The fourth-order valence-electron chi connectivity index (χ4n) is 3.98. The number of piperazine rings is 1. The fraction of sp³-hybridized carbons (Fsp3) is 0.550. The summed E-state index contributed by atoms with van der Waals surface area (Å²) in [6, 6.07) is 0.566. The average molecular weight is 368 g/mol. The van der Waals surface area contributed by atoms with E-state index in [1.807, 2.05) is 12.4 Å². The van der Waals surface area contributed by atoms with E-state index in [-0.39, 0.29) is 6.04 Å². The molecule has 27 heavy (non-hydrogen) atoms. The van der Waals surface area contributed by atoms with Gasteiger partial charge in [-0.3, -0.25) is 4.99 Å². The predicted molar refractivity (Wildman–Crippen MR) is 111 cm³/mol. The van der Waals surface area contributed by atoms with Crippen molar-refractivity contribution in [2.24, 2.45) is 21.6 Å². The van der Waals surface area contributed by atoms with Crippen molar-refractivity contribution in [3.05, 3.63) is 35.3 Å². The maximum atomic E-state index is 7.78. The van der Waals surface area contributed by atoms with E-state index < -0.39 is 0 Å². The van der Waals surface area contributed by atoms with Gasteiger partial charge in [-0.2, -0.15) is 0 Å². The zero-order valence-corrected chi connectivity index (χ0v) is 15.7. The summed E-state index contributed by atoms with van der Waals surface area (Å²) in [4.78, 5) is 11.9. The zero-order chi connectivity index (χ0) is 18.6. The maximum absolute atomic E-state index is 7.78. The van der Waals surface area contributed by atoms with Crippen LogP contribution in [0.3, 0.4) is 0 Å². The molecule has 0 radical (unpaired) electrons. The lowest BCUT2D eigenvalue weighted by Crippen LogP contribution is -2.43. The Bertz CT molecular complexity index is 719. The summed E-state index contributed by atoms with van der Waals surface area (Å²) in [5.41, 5.74) is 9.48. The SMILES string of the molecule is N=C/C(=C\NC1CC(CN)C1)C1=NC2=CC(N3CCNCC3)=CCC2N=C1. The van der Waals surface area contributed by atoms with E-state index in [9.17, 15) is 0 Å². The van der Waals surface area contributed by atoms with E-state index in [0.29, 0.717) is 12.0 Å². The minimum atomic E-state index is 0.109. The van der Waals surface area contributed by atoms with Crippen molar-refractivity contribution in [3.63, 3.8) is 0 Å². The number of nitrogens with zero attached hydrogens (tertiary/aromatic N) is 3. The van der Waals surface area contributed by atoms with Gasteiger partial charge in [-0.25, -0.2) is 4.99 Å². The Kier molecular flexibility index (Phi) is 5.50. The smallest absolute Gasteiger partial charge is 0.0956 e. The summed E-state index contributed by atoms with van der Waals surface area (Å²) >= 11 is 0. The first-order valence-electron chi connectivity index (χ1n) is 9.93. The van der Waals surface area contributed by atoms with Gasteiger partial charge in [-0.1, -0.05) is 6.08 Å². The number of rotatable bonds is 6. The standard InChI is InChI=1S/C20H29N7/c21-10-14-7-16(8-14)24-12-15(11-22)20-13-25-18-2-1-17(9-19(18)26-20)27-5-3-23-4-6-27/h1,9,11-14,16,18,22-24H,2-8,10,21H2/b15-12+,22-11?. The number of fused-ring (bicyclic) bond motifs is 1. The lowest BCUT2D eigenvalue weighted by molar-refractivity contribution is 0.247. The van der Waals surface area contributed by atoms with Gasteiger partial charge in [0.25, 0.3) is 0 Å². The lowest BCUT2D eigenvalue weighted by atomic mass is 9.80. The number of aliphatic imine (C=N–C) groups is 2. The quantitative estimate of drug-likeness (QED) is 0.522. The Hall–Kier alpha value is -2.25. The van der Waals surface area contributed by atoms with Crippen LogP contribution in [0.4, 0.5) is 0 Å². The summed E-state index contributed by atoms with van der Waals surface area (Å²) < 4.78 is 0. The minimum Gasteiger partial charge on any atom is -0.388 e. The molecule has 0 aromatic rings. The molecule has 1 saturated heterocycles. The normalized spacial score (nSPS) is 30.6. The van der Waals surface area contributed by atoms with Crippen LogP contribution in [0.5, 0.6) is 0 Å². The van der Waals surface area contributed by atoms with Gasteiger partial charge in [0, 0.05) is 62.1 Å². The molecule has 0 aromatic carbocycles. The molecular formula is C20H29N7. The van der Waals surface area contributed by atoms with Crippen molar-refractivity contribution in [1.82, 2.24) is 15.5 Å². The molecule has 1 atom stereocenters. The van der Waals surface area contributed by atoms with Crippen molar-refractivity contribution < 1.29 is 0 Å². The summed E-state index contributed by atoms with van der Waals surface area (Å²) in [5.74, 6) is 0.635. The number of nitrogens with one attached hydrogen (secondary N) is 3. The molecule has 2 aliphatic heterocycles. The molecule has 0 aromatic heterocycles. The van der Waals surface area contributed by atoms with Gasteiger partial charge in [-0.15, -0.1) is 0 Å². The van der Waals surface area contributed by atoms with E-state index in [4.69, 9.17) is 16.1 Å². The molecule has 4 aliphatic rings. The van der Waals surface area contributed by atoms with Crippen LogP contribution in [-0.2, 0) is 0 Å². The van der Waals surface area contributed by atoms with Crippen LogP contribution in [0.1, 0.15) is 19.3 Å². The van der Waals surface area contributed by atoms with Crippen molar-refractivity contribution in [3.8, 4) is 0 Å². The summed E-state index contributed by atoms with van der Waals surface area (Å²) in [5, 5.41) is 14.6. The second-order valence-electron chi connectivity index (χ2n) is 7.64. The molecule has 2 heterocycles. The molecular weight excluding hydrogens is 338 g/mol. The number of hydrogen-bond donors (Lipinski definition) is 4. The molecule has 1 saturated carbocycles. The highest BCUT2D eigenvalue weighted by atomic mass is 15.2. The maximum Gasteiger partial charge on any atom is 0.0956 e. The second-order valence-corrected chi connectivity index (χ2v) is 7.64. The van der Waals surface area contributed by atoms with Crippen LogP contribution in [0.2, 0.25) is 0 Å². The topological polar surface area (TPSA) is 102 Å². The molecule has 4 rings (SSSR count). The van der Waals surface area contributed by atoms with Crippen LogP contribution in [-0.4, -0.2) is 67.8 Å². The largest absolute Gasteiger partial charge is 0.388 e. The van der Waals surface area contributed by atoms with Crippen LogP contribution >= 0.6 is 0 Å². The van der Waals surface area contributed by atoms with Crippen LogP contribution in [0.25, 0.3) is 0 Å². The fourth-order valence-corrected chi connectivity index (χ4v) is 3.98. The van der Waals surface area contributed by atoms with Gasteiger partial charge in [0.05, 0.1) is 17.5 Å². The molecule has 5 N–H and O–H groups in total.